The number of rotatable bonds is 3. The third-order valence-corrected chi connectivity index (χ3v) is 2.01. The molecule has 0 aliphatic heterocycles. The first-order valence-corrected chi connectivity index (χ1v) is 4.49. The fraction of sp³-hybridized carbons (Fsp3) is 0.231. The zero-order valence-electron chi connectivity index (χ0n) is 8.63. The molecule has 0 heterocycles. The van der Waals surface area contributed by atoms with Crippen molar-refractivity contribution in [3.63, 3.8) is 0 Å². The van der Waals surface area contributed by atoms with Gasteiger partial charge in [0.05, 0.1) is 0 Å². The summed E-state index contributed by atoms with van der Waals surface area (Å²) in [7, 11) is 0. The Kier molecular flexibility index (Phi) is 3.36. The second-order valence-electron chi connectivity index (χ2n) is 3.19. The largest absolute Gasteiger partial charge is 0.480 e. The molecule has 0 N–H and O–H groups in total. The van der Waals surface area contributed by atoms with E-state index >= 15 is 0 Å². The average molecular weight is 186 g/mol. The molecule has 0 saturated heterocycles. The molecular formula is C13H14O. The Morgan fingerprint density at radius 1 is 1.50 bits per heavy atom. The maximum atomic E-state index is 5.43. The zero-order valence-corrected chi connectivity index (χ0v) is 8.63. The van der Waals surface area contributed by atoms with Gasteiger partial charge in [0.2, 0.25) is 0 Å². The summed E-state index contributed by atoms with van der Waals surface area (Å²) in [6, 6.07) is 4.07. The summed E-state index contributed by atoms with van der Waals surface area (Å²) < 4.78 is 5.43. The van der Waals surface area contributed by atoms with E-state index < -0.39 is 0 Å². The number of hydrogen-bond donors (Lipinski definition) is 0. The van der Waals surface area contributed by atoms with Crippen LogP contribution in [-0.4, -0.2) is 6.61 Å². The fourth-order valence-electron chi connectivity index (χ4n) is 1.44. The number of hydrogen-bond acceptors (Lipinski definition) is 1. The van der Waals surface area contributed by atoms with Crippen molar-refractivity contribution >= 4 is 6.08 Å². The Hall–Kier alpha value is -1.68. The lowest BCUT2D eigenvalue weighted by molar-refractivity contribution is 0.369. The van der Waals surface area contributed by atoms with Crippen LogP contribution in [0.15, 0.2) is 18.7 Å². The summed E-state index contributed by atoms with van der Waals surface area (Å²) in [6.07, 6.45) is 6.94. The molecule has 0 fully saturated rings. The quantitative estimate of drug-likeness (QED) is 0.659. The Balaban J connectivity index is 3.12. The number of terminal acetylenes is 1. The van der Waals surface area contributed by atoms with Crippen LogP contribution in [-0.2, 0) is 0 Å². The van der Waals surface area contributed by atoms with Gasteiger partial charge in [-0.25, -0.2) is 0 Å². The molecule has 1 heteroatoms. The molecule has 0 bridgehead atoms. The van der Waals surface area contributed by atoms with Gasteiger partial charge in [-0.05, 0) is 31.0 Å². The van der Waals surface area contributed by atoms with Gasteiger partial charge in [0.15, 0.2) is 0 Å². The highest BCUT2D eigenvalue weighted by Crippen LogP contribution is 2.25. The van der Waals surface area contributed by atoms with Gasteiger partial charge in [-0.2, -0.15) is 0 Å². The molecule has 0 aliphatic rings. The Labute approximate surface area is 85.4 Å². The molecule has 1 rings (SSSR count). The number of aryl methyl sites for hydroxylation is 2. The molecule has 0 spiro atoms. The third-order valence-electron chi connectivity index (χ3n) is 2.01. The summed E-state index contributed by atoms with van der Waals surface area (Å²) >= 11 is 0. The second kappa shape index (κ2) is 4.53. The molecule has 0 atom stereocenters. The van der Waals surface area contributed by atoms with Gasteiger partial charge in [-0.15, -0.1) is 6.42 Å². The van der Waals surface area contributed by atoms with E-state index in [1.54, 1.807) is 6.08 Å². The first-order valence-electron chi connectivity index (χ1n) is 4.49. The molecule has 1 aromatic carbocycles. The van der Waals surface area contributed by atoms with Crippen molar-refractivity contribution in [2.24, 2.45) is 0 Å². The van der Waals surface area contributed by atoms with Crippen LogP contribution in [0.1, 0.15) is 16.7 Å². The van der Waals surface area contributed by atoms with Crippen LogP contribution in [0.4, 0.5) is 0 Å². The highest BCUT2D eigenvalue weighted by molar-refractivity contribution is 5.60. The molecule has 1 nitrogen and oxygen atoms in total. The lowest BCUT2D eigenvalue weighted by atomic mass is 10.0. The minimum atomic E-state index is 0.295. The first kappa shape index (κ1) is 10.4. The topological polar surface area (TPSA) is 9.23 Å². The van der Waals surface area contributed by atoms with Gasteiger partial charge in [-0.3, -0.25) is 0 Å². The maximum absolute atomic E-state index is 5.43. The Morgan fingerprint density at radius 2 is 2.21 bits per heavy atom. The second-order valence-corrected chi connectivity index (χ2v) is 3.19. The minimum absolute atomic E-state index is 0.295. The lowest BCUT2D eigenvalue weighted by Gasteiger charge is -2.10. The summed E-state index contributed by atoms with van der Waals surface area (Å²) in [5.41, 5.74) is 3.35. The fourth-order valence-corrected chi connectivity index (χ4v) is 1.44. The van der Waals surface area contributed by atoms with Crippen molar-refractivity contribution in [3.05, 3.63) is 35.4 Å². The molecule has 0 radical (unpaired) electrons. The molecule has 0 unspecified atom stereocenters. The Bertz CT molecular complexity index is 383. The molecule has 0 aromatic heterocycles. The standard InChI is InChI=1S/C13H14O/c1-5-7-14-13-9-10(3)8-11(4)12(13)6-2/h1,6,8-9H,2,7H2,3-4H3. The van der Waals surface area contributed by atoms with Crippen LogP contribution >= 0.6 is 0 Å². The average Bonchev–Trinajstić information content (AvgIpc) is 2.14. The van der Waals surface area contributed by atoms with Crippen molar-refractivity contribution in [2.45, 2.75) is 13.8 Å². The molecule has 0 saturated carbocycles. The maximum Gasteiger partial charge on any atom is 0.148 e. The number of ether oxygens (including phenoxy) is 1. The Morgan fingerprint density at radius 3 is 2.79 bits per heavy atom. The lowest BCUT2D eigenvalue weighted by Crippen LogP contribution is -1.97. The SMILES string of the molecule is C#CCOc1cc(C)cc(C)c1C=C. The van der Waals surface area contributed by atoms with Crippen LogP contribution in [0.3, 0.4) is 0 Å². The van der Waals surface area contributed by atoms with Gasteiger partial charge in [-0.1, -0.05) is 24.6 Å². The smallest absolute Gasteiger partial charge is 0.148 e. The van der Waals surface area contributed by atoms with E-state index in [0.29, 0.717) is 6.61 Å². The first-order chi connectivity index (χ1) is 6.69. The zero-order chi connectivity index (χ0) is 10.6. The predicted molar refractivity (Wildman–Crippen MR) is 60.3 cm³/mol. The molecule has 72 valence electrons. The van der Waals surface area contributed by atoms with E-state index in [-0.39, 0.29) is 0 Å². The van der Waals surface area contributed by atoms with E-state index in [4.69, 9.17) is 11.2 Å². The van der Waals surface area contributed by atoms with E-state index in [1.807, 2.05) is 19.9 Å². The van der Waals surface area contributed by atoms with Crippen molar-refractivity contribution in [1.82, 2.24) is 0 Å². The highest BCUT2D eigenvalue weighted by atomic mass is 16.5. The molecule has 1 aromatic rings. The summed E-state index contributed by atoms with van der Waals surface area (Å²) in [6.45, 7) is 8.12. The van der Waals surface area contributed by atoms with E-state index in [2.05, 4.69) is 18.6 Å². The van der Waals surface area contributed by atoms with Crippen molar-refractivity contribution < 1.29 is 4.74 Å². The van der Waals surface area contributed by atoms with Gasteiger partial charge in [0, 0.05) is 5.56 Å². The van der Waals surface area contributed by atoms with E-state index in [9.17, 15) is 0 Å². The van der Waals surface area contributed by atoms with Crippen LogP contribution < -0.4 is 4.74 Å². The molecule has 0 amide bonds. The van der Waals surface area contributed by atoms with Crippen molar-refractivity contribution in [3.8, 4) is 18.1 Å². The summed E-state index contributed by atoms with van der Waals surface area (Å²) in [5, 5.41) is 0. The molecule has 0 aliphatic carbocycles. The number of benzene rings is 1. The van der Waals surface area contributed by atoms with Crippen LogP contribution in [0, 0.1) is 26.2 Å². The normalized spacial score (nSPS) is 9.21. The van der Waals surface area contributed by atoms with E-state index in [0.717, 1.165) is 16.9 Å². The van der Waals surface area contributed by atoms with E-state index in [1.165, 1.54) is 5.56 Å². The predicted octanol–water partition coefficient (Wildman–Crippen LogP) is 2.96. The van der Waals surface area contributed by atoms with Gasteiger partial charge in [0.25, 0.3) is 0 Å². The van der Waals surface area contributed by atoms with Crippen LogP contribution in [0.5, 0.6) is 5.75 Å². The van der Waals surface area contributed by atoms with Gasteiger partial charge in [0.1, 0.15) is 12.4 Å². The van der Waals surface area contributed by atoms with Crippen molar-refractivity contribution in [2.75, 3.05) is 6.61 Å². The van der Waals surface area contributed by atoms with Crippen molar-refractivity contribution in [1.29, 1.82) is 0 Å². The van der Waals surface area contributed by atoms with Crippen LogP contribution in [0.2, 0.25) is 0 Å². The van der Waals surface area contributed by atoms with Gasteiger partial charge >= 0.3 is 0 Å². The summed E-state index contributed by atoms with van der Waals surface area (Å²) in [4.78, 5) is 0. The summed E-state index contributed by atoms with van der Waals surface area (Å²) in [5.74, 6) is 3.27. The third kappa shape index (κ3) is 2.17. The molecule has 14 heavy (non-hydrogen) atoms. The van der Waals surface area contributed by atoms with Crippen LogP contribution in [0.25, 0.3) is 6.08 Å². The monoisotopic (exact) mass is 186 g/mol. The van der Waals surface area contributed by atoms with Gasteiger partial charge < -0.3 is 4.74 Å². The minimum Gasteiger partial charge on any atom is -0.480 e. The molecular weight excluding hydrogens is 172 g/mol. The highest BCUT2D eigenvalue weighted by Gasteiger charge is 2.04.